The van der Waals surface area contributed by atoms with Crippen LogP contribution in [0.3, 0.4) is 0 Å². The van der Waals surface area contributed by atoms with Gasteiger partial charge < -0.3 is 9.84 Å². The number of aromatic hydroxyl groups is 1. The average Bonchev–Trinajstić information content (AvgIpc) is 3.14. The van der Waals surface area contributed by atoms with Crippen molar-refractivity contribution in [2.24, 2.45) is 0 Å². The topological polar surface area (TPSA) is 143 Å². The summed E-state index contributed by atoms with van der Waals surface area (Å²) in [6.07, 6.45) is 0. The lowest BCUT2D eigenvalue weighted by atomic mass is 10.1. The molecule has 3 rings (SSSR count). The number of esters is 1. The number of phenols is 1. The van der Waals surface area contributed by atoms with Gasteiger partial charge in [-0.1, -0.05) is 12.1 Å². The molecule has 2 amide bonds. The second-order valence-electron chi connectivity index (χ2n) is 6.42. The fraction of sp³-hybridized carbons (Fsp3) is 0.143. The maximum absolute atomic E-state index is 12.6. The minimum atomic E-state index is -0.836. The maximum atomic E-state index is 12.6. The number of carbonyl (C=O) groups is 3. The summed E-state index contributed by atoms with van der Waals surface area (Å²) in [6, 6.07) is 12.2. The molecule has 0 aliphatic carbocycles. The molecule has 0 aliphatic rings. The molecule has 1 heterocycles. The van der Waals surface area contributed by atoms with Gasteiger partial charge in [-0.2, -0.15) is 0 Å². The number of nitrogens with zero attached hydrogens (tertiary/aromatic N) is 1. The van der Waals surface area contributed by atoms with E-state index in [9.17, 15) is 24.3 Å². The van der Waals surface area contributed by atoms with Gasteiger partial charge in [-0.3, -0.25) is 35.0 Å². The number of rotatable bonds is 6. The molecule has 0 bridgehead atoms. The molecule has 0 fully saturated rings. The van der Waals surface area contributed by atoms with E-state index < -0.39 is 23.3 Å². The van der Waals surface area contributed by atoms with E-state index in [0.29, 0.717) is 5.69 Å². The van der Waals surface area contributed by atoms with Crippen LogP contribution in [0, 0.1) is 0 Å². The monoisotopic (exact) mass is 458 g/mol. The van der Waals surface area contributed by atoms with Crippen molar-refractivity contribution >= 4 is 29.4 Å². The van der Waals surface area contributed by atoms with Crippen molar-refractivity contribution in [3.8, 4) is 22.7 Å². The summed E-state index contributed by atoms with van der Waals surface area (Å²) in [5, 5.41) is 12.9. The molecule has 4 N–H and O–H groups in total. The Balaban J connectivity index is 2.05. The van der Waals surface area contributed by atoms with Crippen LogP contribution in [-0.4, -0.2) is 45.2 Å². The SMILES string of the molecule is CCOC(=O)c1c(-c2ccccc2O)n(-c2ccc(C(=O)NNC(=O)CCl)cc2)[nH]c1=O. The molecular formula is C21H19ClN4O6. The predicted molar refractivity (Wildman–Crippen MR) is 116 cm³/mol. The zero-order chi connectivity index (χ0) is 23.3. The molecule has 0 spiro atoms. The predicted octanol–water partition coefficient (Wildman–Crippen LogP) is 1.71. The molecule has 11 heteroatoms. The fourth-order valence-electron chi connectivity index (χ4n) is 2.94. The number of alkyl halides is 1. The summed E-state index contributed by atoms with van der Waals surface area (Å²) in [4.78, 5) is 48.4. The van der Waals surface area contributed by atoms with Crippen molar-refractivity contribution in [2.45, 2.75) is 6.92 Å². The lowest BCUT2D eigenvalue weighted by molar-refractivity contribution is -0.119. The van der Waals surface area contributed by atoms with E-state index in [1.807, 2.05) is 0 Å². The largest absolute Gasteiger partial charge is 0.507 e. The summed E-state index contributed by atoms with van der Waals surface area (Å²) in [6.45, 7) is 1.68. The van der Waals surface area contributed by atoms with Crippen LogP contribution in [-0.2, 0) is 9.53 Å². The fourth-order valence-corrected chi connectivity index (χ4v) is 3.01. The standard InChI is InChI=1S/C21H19ClN4O6/c1-2-32-21(31)17-18(14-5-3-4-6-15(14)27)26(25-20(17)30)13-9-7-12(8-10-13)19(29)24-23-16(28)11-22/h3-10,27H,2,11H2,1H3,(H,23,28)(H,24,29)(H,25,30). The number of benzene rings is 2. The Hall–Kier alpha value is -4.05. The number of carbonyl (C=O) groups excluding carboxylic acids is 3. The van der Waals surface area contributed by atoms with Crippen LogP contribution in [0.5, 0.6) is 5.75 Å². The van der Waals surface area contributed by atoms with Crippen LogP contribution in [0.4, 0.5) is 0 Å². The number of hydrogen-bond acceptors (Lipinski definition) is 6. The Morgan fingerprint density at radius 1 is 1.09 bits per heavy atom. The smallest absolute Gasteiger partial charge is 0.346 e. The minimum Gasteiger partial charge on any atom is -0.507 e. The number of aromatic nitrogens is 2. The number of hydrogen-bond donors (Lipinski definition) is 4. The molecule has 10 nitrogen and oxygen atoms in total. The number of amides is 2. The maximum Gasteiger partial charge on any atom is 0.346 e. The number of nitrogens with one attached hydrogen (secondary N) is 3. The summed E-state index contributed by atoms with van der Waals surface area (Å²) >= 11 is 5.36. The molecule has 166 valence electrons. The van der Waals surface area contributed by atoms with Gasteiger partial charge in [0.2, 0.25) is 0 Å². The summed E-state index contributed by atoms with van der Waals surface area (Å²) in [5.41, 5.74) is 4.36. The summed E-state index contributed by atoms with van der Waals surface area (Å²) < 4.78 is 6.34. The quantitative estimate of drug-likeness (QED) is 0.251. The third-order valence-corrected chi connectivity index (χ3v) is 4.61. The van der Waals surface area contributed by atoms with Crippen LogP contribution in [0.25, 0.3) is 16.9 Å². The number of ether oxygens (including phenoxy) is 1. The van der Waals surface area contributed by atoms with Crippen LogP contribution in [0.1, 0.15) is 27.6 Å². The van der Waals surface area contributed by atoms with Gasteiger partial charge in [-0.25, -0.2) is 4.79 Å². The van der Waals surface area contributed by atoms with E-state index in [0.717, 1.165) is 0 Å². The second-order valence-corrected chi connectivity index (χ2v) is 6.69. The molecule has 32 heavy (non-hydrogen) atoms. The summed E-state index contributed by atoms with van der Waals surface area (Å²) in [5.74, 6) is -2.43. The Morgan fingerprint density at radius 3 is 2.41 bits per heavy atom. The molecule has 3 aromatic rings. The third kappa shape index (κ3) is 4.65. The highest BCUT2D eigenvalue weighted by atomic mass is 35.5. The molecule has 0 saturated carbocycles. The van der Waals surface area contributed by atoms with Crippen molar-refractivity contribution in [1.29, 1.82) is 0 Å². The average molecular weight is 459 g/mol. The molecular weight excluding hydrogens is 440 g/mol. The highest BCUT2D eigenvalue weighted by Crippen LogP contribution is 2.32. The van der Waals surface area contributed by atoms with E-state index in [1.54, 1.807) is 25.1 Å². The van der Waals surface area contributed by atoms with E-state index in [-0.39, 0.29) is 40.6 Å². The lowest BCUT2D eigenvalue weighted by Crippen LogP contribution is -2.42. The van der Waals surface area contributed by atoms with Crippen molar-refractivity contribution in [3.63, 3.8) is 0 Å². The number of halogens is 1. The number of para-hydroxylation sites is 1. The number of aromatic amines is 1. The van der Waals surface area contributed by atoms with Gasteiger partial charge >= 0.3 is 5.97 Å². The first-order chi connectivity index (χ1) is 15.4. The van der Waals surface area contributed by atoms with Gasteiger partial charge in [0.1, 0.15) is 11.6 Å². The first kappa shape index (κ1) is 22.6. The Kier molecular flexibility index (Phi) is 6.96. The number of phenolic OH excluding ortho intramolecular Hbond substituents is 1. The van der Waals surface area contributed by atoms with Crippen molar-refractivity contribution in [3.05, 3.63) is 70.0 Å². The van der Waals surface area contributed by atoms with Crippen molar-refractivity contribution in [2.75, 3.05) is 12.5 Å². The van der Waals surface area contributed by atoms with Crippen LogP contribution in [0.2, 0.25) is 0 Å². The van der Waals surface area contributed by atoms with Gasteiger partial charge in [-0.15, -0.1) is 11.6 Å². The van der Waals surface area contributed by atoms with E-state index in [1.165, 1.54) is 35.0 Å². The Bertz CT molecular complexity index is 1220. The third-order valence-electron chi connectivity index (χ3n) is 4.36. The Labute approximate surface area is 186 Å². The molecule has 0 aliphatic heterocycles. The molecule has 0 unspecified atom stereocenters. The molecule has 1 aromatic heterocycles. The van der Waals surface area contributed by atoms with E-state index in [4.69, 9.17) is 16.3 Å². The number of H-pyrrole nitrogens is 1. The van der Waals surface area contributed by atoms with Crippen LogP contribution < -0.4 is 16.4 Å². The first-order valence-electron chi connectivity index (χ1n) is 9.43. The first-order valence-corrected chi connectivity index (χ1v) is 9.96. The second kappa shape index (κ2) is 9.84. The summed E-state index contributed by atoms with van der Waals surface area (Å²) in [7, 11) is 0. The van der Waals surface area contributed by atoms with Crippen LogP contribution >= 0.6 is 11.6 Å². The van der Waals surface area contributed by atoms with Gasteiger partial charge in [0.15, 0.2) is 5.56 Å². The van der Waals surface area contributed by atoms with Gasteiger partial charge in [-0.05, 0) is 43.3 Å². The van der Waals surface area contributed by atoms with Crippen molar-refractivity contribution in [1.82, 2.24) is 20.6 Å². The minimum absolute atomic E-state index is 0.0632. The van der Waals surface area contributed by atoms with Gasteiger partial charge in [0.25, 0.3) is 17.4 Å². The van der Waals surface area contributed by atoms with E-state index in [2.05, 4.69) is 16.0 Å². The highest BCUT2D eigenvalue weighted by molar-refractivity contribution is 6.27. The normalized spacial score (nSPS) is 10.4. The Morgan fingerprint density at radius 2 is 1.78 bits per heavy atom. The zero-order valence-electron chi connectivity index (χ0n) is 16.8. The molecule has 2 aromatic carbocycles. The number of hydrazine groups is 1. The van der Waals surface area contributed by atoms with Gasteiger partial charge in [0.05, 0.1) is 18.0 Å². The van der Waals surface area contributed by atoms with Gasteiger partial charge in [0, 0.05) is 11.1 Å². The van der Waals surface area contributed by atoms with E-state index >= 15 is 0 Å². The highest BCUT2D eigenvalue weighted by Gasteiger charge is 2.26. The molecule has 0 radical (unpaired) electrons. The zero-order valence-corrected chi connectivity index (χ0v) is 17.6. The lowest BCUT2D eigenvalue weighted by Gasteiger charge is -2.12. The van der Waals surface area contributed by atoms with Crippen LogP contribution in [0.15, 0.2) is 53.3 Å². The molecule has 0 atom stereocenters. The molecule has 0 saturated heterocycles. The van der Waals surface area contributed by atoms with Crippen molar-refractivity contribution < 1.29 is 24.2 Å².